The fourth-order valence-corrected chi connectivity index (χ4v) is 20.7. The zero-order valence-electron chi connectivity index (χ0n) is 83.3. The summed E-state index contributed by atoms with van der Waals surface area (Å²) < 4.78 is 6.22. The number of rotatable bonds is 2. The summed E-state index contributed by atoms with van der Waals surface area (Å²) in [6.45, 7) is 3.10. The van der Waals surface area contributed by atoms with Crippen molar-refractivity contribution in [3.05, 3.63) is 0 Å². The van der Waals surface area contributed by atoms with Crippen LogP contribution in [0.15, 0.2) is 0 Å². The lowest BCUT2D eigenvalue weighted by atomic mass is 10.0. The Hall–Kier alpha value is -0.0400. The molecule has 0 aliphatic heterocycles. The van der Waals surface area contributed by atoms with Crippen LogP contribution in [0.1, 0.15) is 739 Å². The molecule has 1 fully saturated rings. The third kappa shape index (κ3) is 106. The normalized spacial score (nSPS) is 23.9. The second kappa shape index (κ2) is 111. The van der Waals surface area contributed by atoms with Crippen LogP contribution in [0.5, 0.6) is 0 Å². The molecule has 708 valence electrons. The van der Waals surface area contributed by atoms with Crippen LogP contribution in [0.3, 0.4) is 0 Å². The Morgan fingerprint density at radius 2 is 0.144 bits per heavy atom. The Labute approximate surface area is 751 Å². The first kappa shape index (κ1) is 116. The van der Waals surface area contributed by atoms with E-state index in [4.69, 9.17) is 4.74 Å². The Bertz CT molecular complexity index is 1490. The van der Waals surface area contributed by atoms with Crippen LogP contribution in [0.4, 0.5) is 0 Å². The second-order valence-electron chi connectivity index (χ2n) is 41.3. The van der Waals surface area contributed by atoms with E-state index in [1.54, 1.807) is 0 Å². The topological polar surface area (TPSA) is 9.23 Å². The molecule has 1 aliphatic rings. The summed E-state index contributed by atoms with van der Waals surface area (Å²) in [6.07, 6.45) is 170. The Morgan fingerprint density at radius 1 is 0.0932 bits per heavy atom. The smallest absolute Gasteiger partial charge is 0.0575 e. The van der Waals surface area contributed by atoms with E-state index in [1.807, 2.05) is 0 Å². The molecule has 1 nitrogen and oxygen atoms in total. The van der Waals surface area contributed by atoms with Crippen LogP contribution in [0, 0.1) is 0 Å². The van der Waals surface area contributed by atoms with Crippen LogP contribution < -0.4 is 0 Å². The summed E-state index contributed by atoms with van der Waals surface area (Å²) in [6, 6.07) is 0. The highest BCUT2D eigenvalue weighted by atomic mass is 16.5. The average Bonchev–Trinajstić information content (AvgIpc) is 1.01. The monoisotopic (exact) mass is 1660 g/mol. The van der Waals surface area contributed by atoms with Crippen molar-refractivity contribution in [2.24, 2.45) is 0 Å². The minimum absolute atomic E-state index is 0.522. The lowest BCUT2D eigenvalue weighted by Gasteiger charge is -2.17. The van der Waals surface area contributed by atoms with Crippen molar-refractivity contribution in [2.75, 3.05) is 6.61 Å². The highest BCUT2D eigenvalue weighted by molar-refractivity contribution is 4.64. The lowest BCUT2D eigenvalue weighted by Crippen LogP contribution is -2.12. The zero-order valence-corrected chi connectivity index (χ0v) is 83.3. The van der Waals surface area contributed by atoms with Gasteiger partial charge in [0.1, 0.15) is 0 Å². The molecule has 0 radical (unpaired) electrons. The molecular weight excluding hydrogens is 1420 g/mol. The first-order valence-corrected chi connectivity index (χ1v) is 58.5. The second-order valence-corrected chi connectivity index (χ2v) is 41.3. The van der Waals surface area contributed by atoms with E-state index in [1.165, 1.54) is 732 Å². The van der Waals surface area contributed by atoms with Gasteiger partial charge in [0.2, 0.25) is 0 Å². The average molecular weight is 1660 g/mol. The number of hydrogen-bond acceptors (Lipinski definition) is 1. The largest absolute Gasteiger partial charge is 0.379 e. The van der Waals surface area contributed by atoms with Gasteiger partial charge in [-0.25, -0.2) is 0 Å². The van der Waals surface area contributed by atoms with Crippen LogP contribution in [0.2, 0.25) is 0 Å². The van der Waals surface area contributed by atoms with Crippen molar-refractivity contribution in [1.82, 2.24) is 0 Å². The molecule has 0 unspecified atom stereocenters. The molecule has 0 bridgehead atoms. The van der Waals surface area contributed by atoms with Crippen LogP contribution in [0.25, 0.3) is 0 Å². The highest BCUT2D eigenvalue weighted by Gasteiger charge is 2.10. The van der Waals surface area contributed by atoms with Gasteiger partial charge >= 0.3 is 0 Å². The van der Waals surface area contributed by atoms with E-state index in [2.05, 4.69) is 6.92 Å². The quantitative estimate of drug-likeness (QED) is 0.268. The molecule has 0 saturated heterocycles. The van der Waals surface area contributed by atoms with Crippen LogP contribution in [-0.4, -0.2) is 12.7 Å². The Morgan fingerprint density at radius 3 is 0.195 bits per heavy atom. The van der Waals surface area contributed by atoms with Crippen molar-refractivity contribution in [3.63, 3.8) is 0 Å². The summed E-state index contributed by atoms with van der Waals surface area (Å²) >= 11 is 0. The van der Waals surface area contributed by atoms with E-state index in [-0.39, 0.29) is 0 Å². The van der Waals surface area contributed by atoms with E-state index in [9.17, 15) is 0 Å². The molecule has 0 aromatic heterocycles. The molecule has 0 heterocycles. The van der Waals surface area contributed by atoms with Crippen LogP contribution in [-0.2, 0) is 4.74 Å². The third-order valence-electron chi connectivity index (χ3n) is 29.2. The van der Waals surface area contributed by atoms with Crippen molar-refractivity contribution in [2.45, 2.75) is 745 Å². The van der Waals surface area contributed by atoms with E-state index in [0.717, 1.165) is 6.61 Å². The minimum atomic E-state index is 0.522. The maximum atomic E-state index is 6.22. The predicted molar refractivity (Wildman–Crippen MR) is 542 cm³/mol. The molecule has 1 saturated carbocycles. The zero-order chi connectivity index (χ0) is 83.6. The molecular formula is C117H234O. The fourth-order valence-electron chi connectivity index (χ4n) is 20.7. The van der Waals surface area contributed by atoms with E-state index in [0.29, 0.717) is 6.10 Å². The molecule has 1 heteroatoms. The lowest BCUT2D eigenvalue weighted by molar-refractivity contribution is 0.0469. The third-order valence-corrected chi connectivity index (χ3v) is 29.2. The van der Waals surface area contributed by atoms with Gasteiger partial charge in [-0.2, -0.15) is 0 Å². The molecule has 1 rings (SSSR count). The standard InChI is InChI=1S/C117H234O/c1-2-118-117-115-113-111-109-107-105-103-101-99-97-95-93-91-89-87-85-83-81-79-77-75-73-71-69-67-65-63-61-59-57-55-53-51-49-47-45-43-41-39-37-35-33-31-29-27-25-23-21-19-17-15-13-11-9-7-5-3-4-6-8-10-12-14-16-18-20-22-24-26-28-30-32-34-36-38-40-42-44-46-48-50-52-54-56-58-60-62-64-66-68-70-72-74-76-78-80-82-84-86-88-90-92-94-96-98-100-102-104-106-108-110-112-114-116-117/h117H,2-116H2,1H3. The van der Waals surface area contributed by atoms with Gasteiger partial charge in [0.05, 0.1) is 6.10 Å². The van der Waals surface area contributed by atoms with Crippen molar-refractivity contribution < 1.29 is 4.74 Å². The van der Waals surface area contributed by atoms with E-state index >= 15 is 0 Å². The Balaban J connectivity index is 2.05. The molecule has 0 atom stereocenters. The predicted octanol–water partition coefficient (Wildman–Crippen LogP) is 44.9. The molecule has 118 heavy (non-hydrogen) atoms. The van der Waals surface area contributed by atoms with Gasteiger partial charge in [-0.1, -0.05) is 719 Å². The van der Waals surface area contributed by atoms with Gasteiger partial charge < -0.3 is 4.74 Å². The van der Waals surface area contributed by atoms with Crippen molar-refractivity contribution >= 4 is 0 Å². The first-order chi connectivity index (χ1) is 58.9. The molecule has 0 spiro atoms. The molecule has 0 aromatic carbocycles. The van der Waals surface area contributed by atoms with Crippen molar-refractivity contribution in [3.8, 4) is 0 Å². The summed E-state index contributed by atoms with van der Waals surface area (Å²) in [4.78, 5) is 0. The van der Waals surface area contributed by atoms with E-state index < -0.39 is 0 Å². The molecule has 0 N–H and O–H groups in total. The fraction of sp³-hybridized carbons (Fsp3) is 1.00. The summed E-state index contributed by atoms with van der Waals surface area (Å²) in [5.41, 5.74) is 0. The van der Waals surface area contributed by atoms with Gasteiger partial charge in [0, 0.05) is 6.61 Å². The van der Waals surface area contributed by atoms with Crippen molar-refractivity contribution in [1.29, 1.82) is 0 Å². The molecule has 0 amide bonds. The molecule has 0 aromatic rings. The Kier molecular flexibility index (Phi) is 109. The summed E-state index contributed by atoms with van der Waals surface area (Å²) in [5, 5.41) is 0. The highest BCUT2D eigenvalue weighted by Crippen LogP contribution is 2.26. The van der Waals surface area contributed by atoms with Gasteiger partial charge in [0.25, 0.3) is 0 Å². The minimum Gasteiger partial charge on any atom is -0.379 e. The van der Waals surface area contributed by atoms with Gasteiger partial charge in [-0.05, 0) is 19.8 Å². The molecule has 1 aliphatic carbocycles. The number of hydrogen-bond donors (Lipinski definition) is 0. The summed E-state index contributed by atoms with van der Waals surface area (Å²) in [5.74, 6) is 0. The van der Waals surface area contributed by atoms with Gasteiger partial charge in [-0.15, -0.1) is 0 Å². The summed E-state index contributed by atoms with van der Waals surface area (Å²) in [7, 11) is 0. The van der Waals surface area contributed by atoms with Gasteiger partial charge in [0.15, 0.2) is 0 Å². The number of ether oxygens (including phenoxy) is 1. The van der Waals surface area contributed by atoms with Crippen LogP contribution >= 0.6 is 0 Å². The maximum Gasteiger partial charge on any atom is 0.0575 e. The maximum absolute atomic E-state index is 6.22. The van der Waals surface area contributed by atoms with Gasteiger partial charge in [-0.3, -0.25) is 0 Å². The first-order valence-electron chi connectivity index (χ1n) is 58.5. The SMILES string of the molecule is CCOC1CCCCCCCCCCCCCCCCCCCCCCCCCCCCCCCCCCCCCCCCCCCCCCCCCCCCCCCCCCCCCCCCCCCCCCCCCCCCCCCCCCCCCCCCCCCCCCCCCCCCCCCCCCCCCCCCCC1.